The first kappa shape index (κ1) is 20.4. The normalized spacial score (nSPS) is 47.4. The van der Waals surface area contributed by atoms with Gasteiger partial charge in [0.25, 0.3) is 0 Å². The fourth-order valence-electron chi connectivity index (χ4n) is 7.61. The Morgan fingerprint density at radius 2 is 1.89 bits per heavy atom. The standard InChI is InChI=1S/C24H40N2O2/c1-15-12-17-18-6-7-21(27)24(18,5)11-9-19(17)23(4)10-8-16(13-20(15)23)26-28-22(2,3)14-25/h15,17-20H,6-14,25H2,1-5H3/t15-,17-,18-,19-,20?,23+,24-/m0/s1. The number of hydrogen-bond donors (Lipinski definition) is 1. The van der Waals surface area contributed by atoms with Gasteiger partial charge in [-0.25, -0.2) is 0 Å². The molecule has 0 bridgehead atoms. The van der Waals surface area contributed by atoms with Crippen molar-refractivity contribution in [2.45, 2.75) is 91.6 Å². The summed E-state index contributed by atoms with van der Waals surface area (Å²) in [4.78, 5) is 18.4. The molecule has 4 saturated carbocycles. The average molecular weight is 389 g/mol. The van der Waals surface area contributed by atoms with Crippen LogP contribution in [0.5, 0.6) is 0 Å². The molecule has 158 valence electrons. The molecule has 4 aliphatic rings. The van der Waals surface area contributed by atoms with Crippen LogP contribution in [0.1, 0.15) is 86.0 Å². The summed E-state index contributed by atoms with van der Waals surface area (Å²) >= 11 is 0. The Morgan fingerprint density at radius 1 is 1.14 bits per heavy atom. The molecule has 0 aromatic heterocycles. The minimum atomic E-state index is -0.389. The summed E-state index contributed by atoms with van der Waals surface area (Å²) in [6, 6.07) is 0. The van der Waals surface area contributed by atoms with Gasteiger partial charge >= 0.3 is 0 Å². The lowest BCUT2D eigenvalue weighted by molar-refractivity contribution is -0.141. The maximum absolute atomic E-state index is 12.6. The van der Waals surface area contributed by atoms with Crippen molar-refractivity contribution in [1.29, 1.82) is 0 Å². The molecule has 0 spiro atoms. The van der Waals surface area contributed by atoms with Crippen LogP contribution in [-0.4, -0.2) is 23.6 Å². The Morgan fingerprint density at radius 3 is 2.61 bits per heavy atom. The number of ketones is 1. The van der Waals surface area contributed by atoms with Crippen LogP contribution in [0.15, 0.2) is 5.16 Å². The van der Waals surface area contributed by atoms with Crippen molar-refractivity contribution in [3.63, 3.8) is 0 Å². The summed E-state index contributed by atoms with van der Waals surface area (Å²) in [5.74, 6) is 4.08. The van der Waals surface area contributed by atoms with E-state index in [0.717, 1.165) is 43.9 Å². The Bertz CT molecular complexity index is 672. The highest BCUT2D eigenvalue weighted by Crippen LogP contribution is 2.66. The Labute approximate surface area is 171 Å². The highest BCUT2D eigenvalue weighted by Gasteiger charge is 2.61. The third-order valence-electron chi connectivity index (χ3n) is 9.49. The van der Waals surface area contributed by atoms with Gasteiger partial charge in [0, 0.05) is 18.4 Å². The number of fused-ring (bicyclic) bond motifs is 5. The molecule has 1 unspecified atom stereocenters. The zero-order valence-corrected chi connectivity index (χ0v) is 18.6. The summed E-state index contributed by atoms with van der Waals surface area (Å²) in [5.41, 5.74) is 6.99. The van der Waals surface area contributed by atoms with Crippen LogP contribution in [0, 0.1) is 40.4 Å². The summed E-state index contributed by atoms with van der Waals surface area (Å²) in [6.45, 7) is 11.8. The average Bonchev–Trinajstić information content (AvgIpc) is 2.96. The van der Waals surface area contributed by atoms with E-state index in [1.165, 1.54) is 25.0 Å². The van der Waals surface area contributed by atoms with Gasteiger partial charge in [-0.2, -0.15) is 0 Å². The van der Waals surface area contributed by atoms with Crippen molar-refractivity contribution in [2.24, 2.45) is 51.3 Å². The van der Waals surface area contributed by atoms with Crippen molar-refractivity contribution in [3.05, 3.63) is 0 Å². The van der Waals surface area contributed by atoms with Gasteiger partial charge in [-0.05, 0) is 93.8 Å². The molecule has 4 fully saturated rings. The molecule has 0 aromatic carbocycles. The molecule has 0 saturated heterocycles. The van der Waals surface area contributed by atoms with Crippen LogP contribution >= 0.6 is 0 Å². The van der Waals surface area contributed by atoms with Gasteiger partial charge in [0.15, 0.2) is 0 Å². The molecule has 4 rings (SSSR count). The van der Waals surface area contributed by atoms with E-state index in [2.05, 4.69) is 25.9 Å². The summed E-state index contributed by atoms with van der Waals surface area (Å²) < 4.78 is 0. The SMILES string of the molecule is C[C@H]1C[C@@H]2[C@H](CC[C@]3(C)C(=O)CC[C@@H]23)[C@@]2(C)CCC(=NOC(C)(C)CN)CC12. The molecule has 0 amide bonds. The van der Waals surface area contributed by atoms with Gasteiger partial charge in [-0.3, -0.25) is 4.79 Å². The number of carbonyl (C=O) groups is 1. The molecule has 7 atom stereocenters. The predicted molar refractivity (Wildman–Crippen MR) is 113 cm³/mol. The second-order valence-corrected chi connectivity index (χ2v) is 11.5. The number of hydrogen-bond acceptors (Lipinski definition) is 4. The molecular formula is C24H40N2O2. The van der Waals surface area contributed by atoms with Crippen molar-refractivity contribution < 1.29 is 9.63 Å². The van der Waals surface area contributed by atoms with Crippen LogP contribution in [0.3, 0.4) is 0 Å². The minimum Gasteiger partial charge on any atom is -0.389 e. The summed E-state index contributed by atoms with van der Waals surface area (Å²) in [7, 11) is 0. The van der Waals surface area contributed by atoms with Gasteiger partial charge in [-0.15, -0.1) is 0 Å². The maximum Gasteiger partial charge on any atom is 0.144 e. The monoisotopic (exact) mass is 388 g/mol. The van der Waals surface area contributed by atoms with Gasteiger partial charge < -0.3 is 10.6 Å². The van der Waals surface area contributed by atoms with Crippen molar-refractivity contribution in [1.82, 2.24) is 0 Å². The zero-order chi connectivity index (χ0) is 20.3. The van der Waals surface area contributed by atoms with E-state index in [0.29, 0.717) is 35.5 Å². The molecule has 4 nitrogen and oxygen atoms in total. The number of rotatable bonds is 3. The van der Waals surface area contributed by atoms with E-state index in [9.17, 15) is 4.79 Å². The molecule has 0 aromatic rings. The molecule has 4 aliphatic carbocycles. The molecule has 2 N–H and O–H groups in total. The van der Waals surface area contributed by atoms with E-state index in [1.54, 1.807) is 0 Å². The van der Waals surface area contributed by atoms with Gasteiger partial charge in [-0.1, -0.05) is 25.9 Å². The minimum absolute atomic E-state index is 0.0208. The summed E-state index contributed by atoms with van der Waals surface area (Å²) in [6.07, 6.45) is 8.94. The fraction of sp³-hybridized carbons (Fsp3) is 0.917. The molecule has 4 heteroatoms. The number of Topliss-reactive ketones (excluding diaryl/α,β-unsaturated/α-hetero) is 1. The third-order valence-corrected chi connectivity index (χ3v) is 9.49. The first-order valence-corrected chi connectivity index (χ1v) is 11.6. The van der Waals surface area contributed by atoms with Gasteiger partial charge in [0.1, 0.15) is 11.4 Å². The smallest absolute Gasteiger partial charge is 0.144 e. The van der Waals surface area contributed by atoms with E-state index in [4.69, 9.17) is 10.6 Å². The topological polar surface area (TPSA) is 64.7 Å². The lowest BCUT2D eigenvalue weighted by Crippen LogP contribution is -2.56. The second-order valence-electron chi connectivity index (χ2n) is 11.5. The van der Waals surface area contributed by atoms with Gasteiger partial charge in [0.2, 0.25) is 0 Å². The van der Waals surface area contributed by atoms with E-state index in [-0.39, 0.29) is 11.0 Å². The Kier molecular flexibility index (Phi) is 4.96. The highest BCUT2D eigenvalue weighted by atomic mass is 16.6. The fourth-order valence-corrected chi connectivity index (χ4v) is 7.61. The summed E-state index contributed by atoms with van der Waals surface area (Å²) in [5, 5.41) is 4.55. The number of oxime groups is 1. The number of nitrogens with two attached hydrogens (primary N) is 1. The molecule has 0 aliphatic heterocycles. The second kappa shape index (κ2) is 6.82. The van der Waals surface area contributed by atoms with Gasteiger partial charge in [0.05, 0.1) is 5.71 Å². The lowest BCUT2D eigenvalue weighted by Gasteiger charge is -2.61. The Hall–Kier alpha value is -0.900. The number of nitrogens with zero attached hydrogens (tertiary/aromatic N) is 1. The molecule has 0 radical (unpaired) electrons. The molecular weight excluding hydrogens is 348 g/mol. The largest absolute Gasteiger partial charge is 0.389 e. The van der Waals surface area contributed by atoms with Crippen LogP contribution in [0.2, 0.25) is 0 Å². The quantitative estimate of drug-likeness (QED) is 0.695. The van der Waals surface area contributed by atoms with Crippen molar-refractivity contribution in [3.8, 4) is 0 Å². The van der Waals surface area contributed by atoms with Crippen LogP contribution in [0.4, 0.5) is 0 Å². The van der Waals surface area contributed by atoms with Crippen LogP contribution in [0.25, 0.3) is 0 Å². The molecule has 28 heavy (non-hydrogen) atoms. The lowest BCUT2D eigenvalue weighted by atomic mass is 9.43. The zero-order valence-electron chi connectivity index (χ0n) is 18.6. The maximum atomic E-state index is 12.6. The Balaban J connectivity index is 1.54. The number of carbonyl (C=O) groups excluding carboxylic acids is 1. The van der Waals surface area contributed by atoms with E-state index >= 15 is 0 Å². The first-order chi connectivity index (χ1) is 13.1. The third kappa shape index (κ3) is 3.05. The van der Waals surface area contributed by atoms with Crippen LogP contribution in [-0.2, 0) is 9.63 Å². The van der Waals surface area contributed by atoms with Crippen molar-refractivity contribution >= 4 is 11.5 Å². The van der Waals surface area contributed by atoms with E-state index in [1.807, 2.05) is 13.8 Å². The van der Waals surface area contributed by atoms with Crippen LogP contribution < -0.4 is 5.73 Å². The predicted octanol–water partition coefficient (Wildman–Crippen LogP) is 4.95. The van der Waals surface area contributed by atoms with Crippen molar-refractivity contribution in [2.75, 3.05) is 6.54 Å². The van der Waals surface area contributed by atoms with E-state index < -0.39 is 0 Å². The molecule has 0 heterocycles. The first-order valence-electron chi connectivity index (χ1n) is 11.6. The highest BCUT2D eigenvalue weighted by molar-refractivity contribution is 5.87.